The number of allylic oxidation sites excluding steroid dienone is 8. The van der Waals surface area contributed by atoms with Gasteiger partial charge in [0.2, 0.25) is 0 Å². The fourth-order valence-corrected chi connectivity index (χ4v) is 15.9. The molecule has 0 atom stereocenters. The normalized spacial score (nSPS) is 13.6. The topological polar surface area (TPSA) is 40.6 Å². The first-order chi connectivity index (χ1) is 26.5. The summed E-state index contributed by atoms with van der Waals surface area (Å²) in [6, 6.07) is 17.0. The van der Waals surface area contributed by atoms with E-state index in [0.717, 1.165) is 12.1 Å². The first kappa shape index (κ1) is 40.5. The monoisotopic (exact) mass is 822 g/mol. The first-order valence-corrected chi connectivity index (χ1v) is 22.3. The van der Waals surface area contributed by atoms with Crippen LogP contribution in [0.2, 0.25) is 10.0 Å². The Bertz CT molecular complexity index is 2060. The van der Waals surface area contributed by atoms with Crippen molar-refractivity contribution in [3.05, 3.63) is 161 Å². The summed E-state index contributed by atoms with van der Waals surface area (Å²) >= 11 is 6.84. The number of carbonyl (C=O) groups excluding carboxylic acids is 2. The fraction of sp³-hybridized carbons (Fsp3) is 0.227. The van der Waals surface area contributed by atoms with Crippen molar-refractivity contribution in [3.63, 3.8) is 0 Å². The van der Waals surface area contributed by atoms with E-state index in [-0.39, 0.29) is 48.4 Å². The van der Waals surface area contributed by atoms with Crippen molar-refractivity contribution in [2.75, 3.05) is 22.9 Å². The van der Waals surface area contributed by atoms with E-state index in [1.807, 2.05) is 13.8 Å². The number of rotatable bonds is 14. The summed E-state index contributed by atoms with van der Waals surface area (Å²) in [6.45, 7) is 4.06. The first-order valence-electron chi connectivity index (χ1n) is 18.4. The Labute approximate surface area is 332 Å². The predicted molar refractivity (Wildman–Crippen MR) is 212 cm³/mol. The van der Waals surface area contributed by atoms with Crippen LogP contribution in [-0.4, -0.2) is 24.9 Å². The molecule has 4 nitrogen and oxygen atoms in total. The summed E-state index contributed by atoms with van der Waals surface area (Å²) < 4.78 is 69.8. The van der Waals surface area contributed by atoms with Gasteiger partial charge in [-0.1, -0.05) is 0 Å². The van der Waals surface area contributed by atoms with Crippen molar-refractivity contribution in [2.24, 2.45) is 0 Å². The van der Waals surface area contributed by atoms with Gasteiger partial charge in [0.05, 0.1) is 0 Å². The van der Waals surface area contributed by atoms with Crippen LogP contribution in [0.1, 0.15) is 73.1 Å². The summed E-state index contributed by atoms with van der Waals surface area (Å²) in [4.78, 5) is 30.7. The van der Waals surface area contributed by atoms with Gasteiger partial charge in [-0.05, 0) is 0 Å². The zero-order chi connectivity index (χ0) is 39.3. The number of unbranched alkanes of at least 4 members (excludes halogenated alkanes) is 2. The molecule has 0 fully saturated rings. The number of halogens is 6. The van der Waals surface area contributed by atoms with E-state index in [4.69, 9.17) is 23.2 Å². The fourth-order valence-electron chi connectivity index (χ4n) is 7.40. The molecule has 0 radical (unpaired) electrons. The Hall–Kier alpha value is -4.21. The average Bonchev–Trinajstić information content (AvgIpc) is 3.93. The second-order valence-corrected chi connectivity index (χ2v) is 20.3. The van der Waals surface area contributed by atoms with Crippen molar-refractivity contribution in [3.8, 4) is 0 Å². The molecule has 6 rings (SSSR count). The van der Waals surface area contributed by atoms with Gasteiger partial charge in [-0.25, -0.2) is 0 Å². The third-order valence-corrected chi connectivity index (χ3v) is 18.6. The third-order valence-electron chi connectivity index (χ3n) is 10.1. The molecule has 2 aliphatic rings. The van der Waals surface area contributed by atoms with Crippen LogP contribution in [0.15, 0.2) is 117 Å². The van der Waals surface area contributed by atoms with Gasteiger partial charge in [0.25, 0.3) is 0 Å². The summed E-state index contributed by atoms with van der Waals surface area (Å²) in [7, 11) is 0. The number of hydrogen-bond acceptors (Lipinski definition) is 2. The molecule has 284 valence electrons. The maximum atomic E-state index is 17.9. The zero-order valence-electron chi connectivity index (χ0n) is 30.5. The molecular formula is C44H40Cl2F4N2O2Ti. The average molecular weight is 824 g/mol. The van der Waals surface area contributed by atoms with E-state index in [9.17, 15) is 9.59 Å². The van der Waals surface area contributed by atoms with Crippen LogP contribution in [-0.2, 0) is 16.6 Å². The van der Waals surface area contributed by atoms with Crippen molar-refractivity contribution in [1.29, 1.82) is 0 Å². The number of anilines is 2. The molecule has 4 aromatic carbocycles. The molecule has 11 heteroatoms. The van der Waals surface area contributed by atoms with Crippen molar-refractivity contribution < 1.29 is 43.7 Å². The second-order valence-electron chi connectivity index (χ2n) is 13.5. The summed E-state index contributed by atoms with van der Waals surface area (Å²) in [5.74, 6) is -5.11. The van der Waals surface area contributed by atoms with Gasteiger partial charge in [-0.3, -0.25) is 0 Å². The number of nitrogens with zero attached hydrogens (tertiary/aromatic N) is 2. The molecule has 0 aliphatic heterocycles. The van der Waals surface area contributed by atoms with Gasteiger partial charge in [-0.2, -0.15) is 0 Å². The summed E-state index contributed by atoms with van der Waals surface area (Å²) in [5.41, 5.74) is 0.0901. The standard InChI is InChI=1S/2C17H15ClF2NO.2C5H5.Ti/c2*1-2-3-10-21(16-9-8-14(19)11-15(16)20)17(22)12-4-6-13(18)7-5-12;2*1-2-4-5-3-1;/h2*4-9H,2-3,10H2,1H3;2*1-3H,4H2;. The minimum atomic E-state index is -5.36. The van der Waals surface area contributed by atoms with Crippen molar-refractivity contribution >= 4 is 54.1 Å². The van der Waals surface area contributed by atoms with E-state index < -0.39 is 59.4 Å². The Balaban J connectivity index is 1.64. The van der Waals surface area contributed by atoms with Crippen LogP contribution in [0, 0.1) is 23.3 Å². The molecule has 0 aromatic heterocycles. The predicted octanol–water partition coefficient (Wildman–Crippen LogP) is 11.2. The third kappa shape index (κ3) is 7.93. The van der Waals surface area contributed by atoms with E-state index >= 15 is 17.6 Å². The molecule has 2 amide bonds. The van der Waals surface area contributed by atoms with Crippen LogP contribution in [0.25, 0.3) is 0 Å². The maximum absolute atomic E-state index is 17.9. The molecule has 2 aliphatic carbocycles. The zero-order valence-corrected chi connectivity index (χ0v) is 33.6. The number of amides is 2. The van der Waals surface area contributed by atoms with Crippen molar-refractivity contribution in [1.82, 2.24) is 0 Å². The summed E-state index contributed by atoms with van der Waals surface area (Å²) in [6.07, 6.45) is 13.2. The summed E-state index contributed by atoms with van der Waals surface area (Å²) in [5, 5.41) is 0.826. The number of carbonyl (C=O) groups is 2. The Morgan fingerprint density at radius 3 is 1.31 bits per heavy atom. The molecule has 0 bridgehead atoms. The Kier molecular flexibility index (Phi) is 13.0. The van der Waals surface area contributed by atoms with Gasteiger partial charge >= 0.3 is 335 Å². The van der Waals surface area contributed by atoms with E-state index in [0.29, 0.717) is 43.5 Å². The van der Waals surface area contributed by atoms with Gasteiger partial charge in [0.15, 0.2) is 0 Å². The number of benzene rings is 4. The van der Waals surface area contributed by atoms with E-state index in [1.165, 1.54) is 46.2 Å². The molecule has 4 aromatic rings. The van der Waals surface area contributed by atoms with Crippen LogP contribution in [0.5, 0.6) is 0 Å². The molecule has 0 spiro atoms. The van der Waals surface area contributed by atoms with Crippen LogP contribution >= 0.6 is 23.2 Å². The molecular weight excluding hydrogens is 783 g/mol. The van der Waals surface area contributed by atoms with Crippen LogP contribution in [0.3, 0.4) is 0 Å². The van der Waals surface area contributed by atoms with Gasteiger partial charge in [0, 0.05) is 0 Å². The molecule has 0 saturated carbocycles. The van der Waals surface area contributed by atoms with E-state index in [1.54, 1.807) is 60.7 Å². The molecule has 0 N–H and O–H groups in total. The molecule has 55 heavy (non-hydrogen) atoms. The number of hydrogen-bond donors (Lipinski definition) is 0. The van der Waals surface area contributed by atoms with E-state index in [2.05, 4.69) is 0 Å². The van der Waals surface area contributed by atoms with Crippen molar-refractivity contribution in [2.45, 2.75) is 52.4 Å². The Morgan fingerprint density at radius 1 is 0.600 bits per heavy atom. The Morgan fingerprint density at radius 2 is 0.982 bits per heavy atom. The van der Waals surface area contributed by atoms with Crippen LogP contribution < -0.4 is 17.5 Å². The van der Waals surface area contributed by atoms with Gasteiger partial charge < -0.3 is 0 Å². The minimum absolute atomic E-state index is 0.103. The SMILES string of the molecule is CCCCN(C(=O)c1ccc(Cl)cc1)c1ccc(F)[c]([Ti]([C]2=CC=CC2)([C]2=CC=CC2)[c]2c(F)ccc(N(CCCC)C(=O)c3ccc(Cl)cc3)c2F)c1F. The molecule has 0 unspecified atom stereocenters. The second kappa shape index (κ2) is 17.7. The van der Waals surface area contributed by atoms with Crippen LogP contribution in [0.4, 0.5) is 28.9 Å². The van der Waals surface area contributed by atoms with Gasteiger partial charge in [0.1, 0.15) is 0 Å². The molecule has 0 heterocycles. The quantitative estimate of drug-likeness (QED) is 0.0939. The molecule has 0 saturated heterocycles. The van der Waals surface area contributed by atoms with Gasteiger partial charge in [-0.15, -0.1) is 0 Å².